The summed E-state index contributed by atoms with van der Waals surface area (Å²) in [5.74, 6) is 2.48. The number of hydrogen-bond donors (Lipinski definition) is 1. The van der Waals surface area contributed by atoms with Gasteiger partial charge in [-0.1, -0.05) is 13.8 Å². The molecule has 0 aromatic carbocycles. The van der Waals surface area contributed by atoms with Crippen LogP contribution in [0.25, 0.3) is 0 Å². The van der Waals surface area contributed by atoms with Crippen LogP contribution in [0.15, 0.2) is 0 Å². The van der Waals surface area contributed by atoms with E-state index in [1.807, 2.05) is 0 Å². The van der Waals surface area contributed by atoms with Crippen LogP contribution in [0.5, 0.6) is 0 Å². The van der Waals surface area contributed by atoms with E-state index in [0.29, 0.717) is 30.0 Å². The van der Waals surface area contributed by atoms with Crippen LogP contribution in [0.2, 0.25) is 0 Å². The number of ketones is 2. The third-order valence-corrected chi connectivity index (χ3v) is 8.81. The molecular weight excluding hydrogens is 300 g/mol. The first kappa shape index (κ1) is 16.8. The number of aliphatic hydroxyl groups is 1. The third kappa shape index (κ3) is 2.12. The zero-order valence-electron chi connectivity index (χ0n) is 15.4. The van der Waals surface area contributed by atoms with Crippen molar-refractivity contribution in [3.05, 3.63) is 0 Å². The molecule has 0 aromatic heterocycles. The molecule has 4 fully saturated rings. The lowest BCUT2D eigenvalue weighted by Gasteiger charge is -2.59. The van der Waals surface area contributed by atoms with E-state index in [2.05, 4.69) is 13.8 Å². The van der Waals surface area contributed by atoms with E-state index in [0.717, 1.165) is 44.9 Å². The van der Waals surface area contributed by atoms with Gasteiger partial charge in [-0.15, -0.1) is 0 Å². The quantitative estimate of drug-likeness (QED) is 0.795. The molecule has 134 valence electrons. The van der Waals surface area contributed by atoms with Crippen molar-refractivity contribution in [2.75, 3.05) is 0 Å². The topological polar surface area (TPSA) is 54.4 Å². The molecular formula is C21H32O3. The summed E-state index contributed by atoms with van der Waals surface area (Å²) in [4.78, 5) is 25.5. The number of fused-ring (bicyclic) bond motifs is 5. The molecule has 3 nitrogen and oxygen atoms in total. The van der Waals surface area contributed by atoms with E-state index in [4.69, 9.17) is 0 Å². The van der Waals surface area contributed by atoms with Gasteiger partial charge in [0.05, 0.1) is 6.10 Å². The molecule has 0 aliphatic heterocycles. The number of carbonyl (C=O) groups is 2. The lowest BCUT2D eigenvalue weighted by molar-refractivity contribution is -0.162. The summed E-state index contributed by atoms with van der Waals surface area (Å²) in [6.45, 7) is 6.28. The second-order valence-electron chi connectivity index (χ2n) is 9.85. The average Bonchev–Trinajstić information content (AvgIpc) is 2.84. The van der Waals surface area contributed by atoms with Crippen LogP contribution < -0.4 is 0 Å². The summed E-state index contributed by atoms with van der Waals surface area (Å²) in [5.41, 5.74) is -0.0175. The molecule has 0 unspecified atom stereocenters. The van der Waals surface area contributed by atoms with Crippen LogP contribution in [0, 0.1) is 40.4 Å². The van der Waals surface area contributed by atoms with Crippen molar-refractivity contribution in [1.29, 1.82) is 0 Å². The summed E-state index contributed by atoms with van der Waals surface area (Å²) >= 11 is 0. The Labute approximate surface area is 145 Å². The smallest absolute Gasteiger partial charge is 0.137 e. The summed E-state index contributed by atoms with van der Waals surface area (Å²) in [5, 5.41) is 10.1. The number of hydrogen-bond acceptors (Lipinski definition) is 3. The van der Waals surface area contributed by atoms with Crippen molar-refractivity contribution in [2.45, 2.75) is 78.2 Å². The maximum Gasteiger partial charge on any atom is 0.137 e. The Morgan fingerprint density at radius 2 is 1.83 bits per heavy atom. The Morgan fingerprint density at radius 1 is 1.08 bits per heavy atom. The monoisotopic (exact) mass is 332 g/mol. The van der Waals surface area contributed by atoms with Crippen LogP contribution in [-0.2, 0) is 9.59 Å². The average molecular weight is 332 g/mol. The third-order valence-electron chi connectivity index (χ3n) is 8.81. The Hall–Kier alpha value is -0.700. The first-order valence-corrected chi connectivity index (χ1v) is 9.98. The van der Waals surface area contributed by atoms with Crippen LogP contribution in [0.1, 0.15) is 72.1 Å². The molecule has 0 aromatic rings. The minimum absolute atomic E-state index is 0.0782. The van der Waals surface area contributed by atoms with Crippen molar-refractivity contribution >= 4 is 11.6 Å². The van der Waals surface area contributed by atoms with Crippen molar-refractivity contribution in [2.24, 2.45) is 40.4 Å². The van der Waals surface area contributed by atoms with E-state index in [1.165, 1.54) is 0 Å². The molecule has 4 rings (SSSR count). The summed E-state index contributed by atoms with van der Waals surface area (Å²) in [7, 11) is 0. The molecule has 1 N–H and O–H groups in total. The minimum Gasteiger partial charge on any atom is -0.393 e. The lowest BCUT2D eigenvalue weighted by atomic mass is 9.44. The lowest BCUT2D eigenvalue weighted by Crippen LogP contribution is -2.58. The molecule has 4 saturated carbocycles. The van der Waals surface area contributed by atoms with Gasteiger partial charge in [0.25, 0.3) is 0 Å². The maximum absolute atomic E-state index is 13.3. The Balaban J connectivity index is 1.68. The van der Waals surface area contributed by atoms with Gasteiger partial charge in [-0.2, -0.15) is 0 Å². The summed E-state index contributed by atoms with van der Waals surface area (Å²) in [6, 6.07) is 0. The highest BCUT2D eigenvalue weighted by Crippen LogP contribution is 2.66. The second-order valence-corrected chi connectivity index (χ2v) is 9.85. The molecule has 4 aliphatic rings. The van der Waals surface area contributed by atoms with Crippen molar-refractivity contribution in [1.82, 2.24) is 0 Å². The van der Waals surface area contributed by atoms with Crippen LogP contribution in [0.3, 0.4) is 0 Å². The fourth-order valence-corrected chi connectivity index (χ4v) is 7.72. The SMILES string of the molecule is CC(=O)[C@H]1CC[C@H]2[C@@H]3CC[C@H]4C[C@H](O)CC[C@]4(C)[C@@H]3C(=O)C[C@]12C. The normalized spacial score (nSPS) is 53.9. The predicted molar refractivity (Wildman–Crippen MR) is 92.3 cm³/mol. The van der Waals surface area contributed by atoms with Gasteiger partial charge < -0.3 is 5.11 Å². The number of aliphatic hydroxyl groups excluding tert-OH is 1. The Morgan fingerprint density at radius 3 is 2.54 bits per heavy atom. The standard InChI is InChI=1S/C21H32O3/c1-12(22)16-6-7-17-15-5-4-13-10-14(23)8-9-20(13,2)19(15)18(24)11-21(16,17)3/h13-17,19,23H,4-11H2,1-3H3/t13-,14+,15-,16+,17-,19-,20-,21+/m0/s1. The highest BCUT2D eigenvalue weighted by Gasteiger charge is 2.63. The molecule has 8 atom stereocenters. The molecule has 0 radical (unpaired) electrons. The molecule has 0 amide bonds. The van der Waals surface area contributed by atoms with Crippen molar-refractivity contribution in [3.63, 3.8) is 0 Å². The van der Waals surface area contributed by atoms with Gasteiger partial charge in [0, 0.05) is 18.3 Å². The second kappa shape index (κ2) is 5.40. The molecule has 0 spiro atoms. The van der Waals surface area contributed by atoms with E-state index in [9.17, 15) is 14.7 Å². The largest absolute Gasteiger partial charge is 0.393 e. The van der Waals surface area contributed by atoms with Gasteiger partial charge in [-0.3, -0.25) is 9.59 Å². The minimum atomic E-state index is -0.169. The number of rotatable bonds is 1. The van der Waals surface area contributed by atoms with E-state index in [-0.39, 0.29) is 34.6 Å². The van der Waals surface area contributed by atoms with Gasteiger partial charge in [-0.05, 0) is 80.5 Å². The number of Topliss-reactive ketones (excluding diaryl/α,β-unsaturated/α-hetero) is 2. The zero-order valence-corrected chi connectivity index (χ0v) is 15.4. The summed E-state index contributed by atoms with van der Waals surface area (Å²) < 4.78 is 0. The Kier molecular flexibility index (Phi) is 3.77. The predicted octanol–water partition coefficient (Wildman–Crippen LogP) is 3.77. The zero-order chi connectivity index (χ0) is 17.3. The molecule has 0 heterocycles. The molecule has 24 heavy (non-hydrogen) atoms. The molecule has 0 saturated heterocycles. The van der Waals surface area contributed by atoms with Gasteiger partial charge in [0.2, 0.25) is 0 Å². The van der Waals surface area contributed by atoms with Crippen LogP contribution in [-0.4, -0.2) is 22.8 Å². The molecule has 3 heteroatoms. The first-order chi connectivity index (χ1) is 11.3. The fraction of sp³-hybridized carbons (Fsp3) is 0.905. The van der Waals surface area contributed by atoms with Gasteiger partial charge in [-0.25, -0.2) is 0 Å². The van der Waals surface area contributed by atoms with Crippen molar-refractivity contribution < 1.29 is 14.7 Å². The van der Waals surface area contributed by atoms with Crippen molar-refractivity contribution in [3.8, 4) is 0 Å². The van der Waals surface area contributed by atoms with Gasteiger partial charge >= 0.3 is 0 Å². The first-order valence-electron chi connectivity index (χ1n) is 9.98. The van der Waals surface area contributed by atoms with Gasteiger partial charge in [0.1, 0.15) is 11.6 Å². The van der Waals surface area contributed by atoms with Crippen LogP contribution in [0.4, 0.5) is 0 Å². The van der Waals surface area contributed by atoms with Crippen LogP contribution >= 0.6 is 0 Å². The molecule has 0 bridgehead atoms. The summed E-state index contributed by atoms with van der Waals surface area (Å²) in [6.07, 6.45) is 7.53. The highest BCUT2D eigenvalue weighted by atomic mass is 16.3. The fourth-order valence-electron chi connectivity index (χ4n) is 7.72. The van der Waals surface area contributed by atoms with E-state index < -0.39 is 0 Å². The maximum atomic E-state index is 13.3. The van der Waals surface area contributed by atoms with E-state index in [1.54, 1.807) is 6.92 Å². The highest BCUT2D eigenvalue weighted by molar-refractivity contribution is 5.87. The van der Waals surface area contributed by atoms with Gasteiger partial charge in [0.15, 0.2) is 0 Å². The Bertz CT molecular complexity index is 569. The number of carbonyl (C=O) groups excluding carboxylic acids is 2. The molecule has 4 aliphatic carbocycles. The van der Waals surface area contributed by atoms with E-state index >= 15 is 0 Å².